The van der Waals surface area contributed by atoms with Gasteiger partial charge >= 0.3 is 5.97 Å². The molecule has 5 nitrogen and oxygen atoms in total. The van der Waals surface area contributed by atoms with E-state index in [9.17, 15) is 4.79 Å². The zero-order chi connectivity index (χ0) is 12.8. The van der Waals surface area contributed by atoms with E-state index in [1.165, 1.54) is 0 Å². The van der Waals surface area contributed by atoms with Gasteiger partial charge in [-0.2, -0.15) is 0 Å². The van der Waals surface area contributed by atoms with Crippen molar-refractivity contribution in [1.82, 2.24) is 9.80 Å². The van der Waals surface area contributed by atoms with Gasteiger partial charge in [-0.3, -0.25) is 14.6 Å². The van der Waals surface area contributed by atoms with Crippen LogP contribution < -0.4 is 5.73 Å². The van der Waals surface area contributed by atoms with E-state index in [4.69, 9.17) is 22.7 Å². The number of carbonyl (C=O) groups excluding carboxylic acids is 1. The fraction of sp³-hybridized carbons (Fsp3) is 0.818. The van der Waals surface area contributed by atoms with E-state index in [0.29, 0.717) is 18.1 Å². The van der Waals surface area contributed by atoms with Gasteiger partial charge in [0.05, 0.1) is 17.6 Å². The van der Waals surface area contributed by atoms with E-state index in [2.05, 4.69) is 9.80 Å². The molecule has 1 saturated heterocycles. The van der Waals surface area contributed by atoms with E-state index >= 15 is 0 Å². The van der Waals surface area contributed by atoms with E-state index in [0.717, 1.165) is 26.2 Å². The molecule has 0 saturated carbocycles. The first-order valence-electron chi connectivity index (χ1n) is 5.90. The maximum atomic E-state index is 11.5. The first-order valence-corrected chi connectivity index (χ1v) is 6.30. The number of thiocarbonyl (C=S) groups is 1. The highest BCUT2D eigenvalue weighted by molar-refractivity contribution is 7.80. The molecule has 1 fully saturated rings. The summed E-state index contributed by atoms with van der Waals surface area (Å²) in [6.07, 6.45) is -0.0431. The lowest BCUT2D eigenvalue weighted by molar-refractivity contribution is -0.149. The van der Waals surface area contributed by atoms with Gasteiger partial charge in [0, 0.05) is 32.7 Å². The third-order valence-electron chi connectivity index (χ3n) is 2.56. The van der Waals surface area contributed by atoms with Gasteiger partial charge in [-0.1, -0.05) is 12.2 Å². The molecule has 98 valence electrons. The van der Waals surface area contributed by atoms with Gasteiger partial charge in [0.1, 0.15) is 0 Å². The van der Waals surface area contributed by atoms with Crippen molar-refractivity contribution < 1.29 is 9.53 Å². The molecular formula is C11H21N3O2S. The monoisotopic (exact) mass is 259 g/mol. The number of carbonyl (C=O) groups is 1. The van der Waals surface area contributed by atoms with Crippen LogP contribution in [0.15, 0.2) is 0 Å². The Labute approximate surface area is 108 Å². The van der Waals surface area contributed by atoms with Crippen molar-refractivity contribution in [1.29, 1.82) is 0 Å². The lowest BCUT2D eigenvalue weighted by Gasteiger charge is -2.33. The summed E-state index contributed by atoms with van der Waals surface area (Å²) in [5.41, 5.74) is 5.50. The molecule has 1 rings (SSSR count). The second kappa shape index (κ2) is 6.88. The lowest BCUT2D eigenvalue weighted by Crippen LogP contribution is -2.50. The molecule has 0 aromatic rings. The SMILES string of the molecule is CC(C)OC(=O)CN1CCN(CC(N)=S)CC1. The Morgan fingerprint density at radius 3 is 2.12 bits per heavy atom. The summed E-state index contributed by atoms with van der Waals surface area (Å²) in [5.74, 6) is -0.150. The summed E-state index contributed by atoms with van der Waals surface area (Å²) < 4.78 is 5.11. The normalized spacial score (nSPS) is 18.3. The van der Waals surface area contributed by atoms with Crippen molar-refractivity contribution in [3.8, 4) is 0 Å². The van der Waals surface area contributed by atoms with Crippen molar-refractivity contribution in [2.24, 2.45) is 5.73 Å². The maximum Gasteiger partial charge on any atom is 0.320 e. The number of rotatable bonds is 5. The van der Waals surface area contributed by atoms with Crippen LogP contribution in [-0.4, -0.2) is 66.1 Å². The van der Waals surface area contributed by atoms with Crippen molar-refractivity contribution in [2.75, 3.05) is 39.3 Å². The lowest BCUT2D eigenvalue weighted by atomic mass is 10.3. The van der Waals surface area contributed by atoms with E-state index < -0.39 is 0 Å². The number of hydrogen-bond donors (Lipinski definition) is 1. The molecule has 0 bridgehead atoms. The molecule has 0 aromatic carbocycles. The molecule has 0 aliphatic carbocycles. The van der Waals surface area contributed by atoms with E-state index in [-0.39, 0.29) is 12.1 Å². The molecule has 0 unspecified atom stereocenters. The molecule has 6 heteroatoms. The van der Waals surface area contributed by atoms with Crippen LogP contribution in [0.3, 0.4) is 0 Å². The van der Waals surface area contributed by atoms with Crippen LogP contribution in [0.2, 0.25) is 0 Å². The van der Waals surface area contributed by atoms with Crippen LogP contribution in [0.1, 0.15) is 13.8 Å². The Bertz CT molecular complexity index is 276. The second-order valence-corrected chi connectivity index (χ2v) is 5.08. The Kier molecular flexibility index (Phi) is 5.80. The third-order valence-corrected chi connectivity index (χ3v) is 2.69. The van der Waals surface area contributed by atoms with Gasteiger partial charge in [0.2, 0.25) is 0 Å². The first-order chi connectivity index (χ1) is 7.97. The number of hydrogen-bond acceptors (Lipinski definition) is 5. The van der Waals surface area contributed by atoms with Crippen LogP contribution in [0.25, 0.3) is 0 Å². The summed E-state index contributed by atoms with van der Waals surface area (Å²) >= 11 is 4.87. The molecule has 0 amide bonds. The summed E-state index contributed by atoms with van der Waals surface area (Å²) in [4.78, 5) is 16.3. The highest BCUT2D eigenvalue weighted by Gasteiger charge is 2.19. The Hall–Kier alpha value is -0.720. The third kappa shape index (κ3) is 5.95. The molecule has 1 aliphatic heterocycles. The standard InChI is InChI=1S/C11H21N3O2S/c1-9(2)16-11(15)8-14-5-3-13(4-6-14)7-10(12)17/h9H,3-8H2,1-2H3,(H2,12,17). The minimum absolute atomic E-state index is 0.0431. The average molecular weight is 259 g/mol. The Balaban J connectivity index is 2.23. The number of esters is 1. The maximum absolute atomic E-state index is 11.5. The predicted octanol–water partition coefficient (Wildman–Crippen LogP) is -0.158. The van der Waals surface area contributed by atoms with Crippen LogP contribution in [0.5, 0.6) is 0 Å². The molecular weight excluding hydrogens is 238 g/mol. The van der Waals surface area contributed by atoms with Gasteiger partial charge in [0.25, 0.3) is 0 Å². The molecule has 0 aromatic heterocycles. The van der Waals surface area contributed by atoms with Gasteiger partial charge in [-0.15, -0.1) is 0 Å². The van der Waals surface area contributed by atoms with Crippen molar-refractivity contribution in [2.45, 2.75) is 20.0 Å². The fourth-order valence-electron chi connectivity index (χ4n) is 1.81. The summed E-state index contributed by atoms with van der Waals surface area (Å²) in [7, 11) is 0. The topological polar surface area (TPSA) is 58.8 Å². The zero-order valence-corrected chi connectivity index (χ0v) is 11.3. The van der Waals surface area contributed by atoms with Gasteiger partial charge in [-0.05, 0) is 13.8 Å². The first kappa shape index (κ1) is 14.3. The Morgan fingerprint density at radius 2 is 1.71 bits per heavy atom. The largest absolute Gasteiger partial charge is 0.462 e. The highest BCUT2D eigenvalue weighted by Crippen LogP contribution is 2.02. The van der Waals surface area contributed by atoms with Crippen molar-refractivity contribution in [3.05, 3.63) is 0 Å². The number of nitrogens with two attached hydrogens (primary N) is 1. The number of ether oxygens (including phenoxy) is 1. The Morgan fingerprint density at radius 1 is 1.24 bits per heavy atom. The highest BCUT2D eigenvalue weighted by atomic mass is 32.1. The predicted molar refractivity (Wildman–Crippen MR) is 70.9 cm³/mol. The molecule has 0 spiro atoms. The van der Waals surface area contributed by atoms with Crippen LogP contribution in [-0.2, 0) is 9.53 Å². The average Bonchev–Trinajstić information content (AvgIpc) is 2.18. The van der Waals surface area contributed by atoms with Crippen LogP contribution in [0, 0.1) is 0 Å². The number of piperazine rings is 1. The van der Waals surface area contributed by atoms with E-state index in [1.807, 2.05) is 13.8 Å². The smallest absolute Gasteiger partial charge is 0.320 e. The fourth-order valence-corrected chi connectivity index (χ4v) is 1.99. The summed E-state index contributed by atoms with van der Waals surface area (Å²) in [5, 5.41) is 0. The molecule has 1 heterocycles. The summed E-state index contributed by atoms with van der Waals surface area (Å²) in [6.45, 7) is 8.26. The van der Waals surface area contributed by atoms with Crippen LogP contribution >= 0.6 is 12.2 Å². The number of nitrogens with zero attached hydrogens (tertiary/aromatic N) is 2. The minimum atomic E-state index is -0.150. The second-order valence-electron chi connectivity index (χ2n) is 4.56. The molecule has 17 heavy (non-hydrogen) atoms. The minimum Gasteiger partial charge on any atom is -0.462 e. The molecule has 1 aliphatic rings. The van der Waals surface area contributed by atoms with Crippen molar-refractivity contribution >= 4 is 23.2 Å². The van der Waals surface area contributed by atoms with Crippen LogP contribution in [0.4, 0.5) is 0 Å². The van der Waals surface area contributed by atoms with Gasteiger partial charge < -0.3 is 10.5 Å². The molecule has 0 atom stereocenters. The quantitative estimate of drug-likeness (QED) is 0.547. The zero-order valence-electron chi connectivity index (χ0n) is 10.5. The molecule has 2 N–H and O–H groups in total. The van der Waals surface area contributed by atoms with Gasteiger partial charge in [-0.25, -0.2) is 0 Å². The molecule has 0 radical (unpaired) electrons. The summed E-state index contributed by atoms with van der Waals surface area (Å²) in [6, 6.07) is 0. The van der Waals surface area contributed by atoms with E-state index in [1.54, 1.807) is 0 Å². The van der Waals surface area contributed by atoms with Gasteiger partial charge in [0.15, 0.2) is 0 Å². The van der Waals surface area contributed by atoms with Crippen molar-refractivity contribution in [3.63, 3.8) is 0 Å².